The molecule has 0 aromatic rings. The molecule has 0 radical (unpaired) electrons. The molecule has 0 aliphatic heterocycles. The van der Waals surface area contributed by atoms with E-state index in [0.717, 1.165) is 6.92 Å². The van der Waals surface area contributed by atoms with Crippen molar-refractivity contribution in [2.75, 3.05) is 6.61 Å². The number of hydrogen-bond acceptors (Lipinski definition) is 7. The maximum absolute atomic E-state index is 11.4. The van der Waals surface area contributed by atoms with Crippen molar-refractivity contribution in [3.8, 4) is 0 Å². The van der Waals surface area contributed by atoms with Gasteiger partial charge in [0.05, 0.1) is 6.61 Å². The molecule has 9 nitrogen and oxygen atoms in total. The smallest absolute Gasteiger partial charge is 0.345 e. The van der Waals surface area contributed by atoms with Gasteiger partial charge in [0, 0.05) is 0 Å². The van der Waals surface area contributed by atoms with Gasteiger partial charge in [0.15, 0.2) is 6.10 Å². The van der Waals surface area contributed by atoms with Gasteiger partial charge in [-0.3, -0.25) is 9.59 Å². The van der Waals surface area contributed by atoms with Crippen LogP contribution in [0.25, 0.3) is 0 Å². The molecule has 0 heterocycles. The number of carboxylic acid groups (broad SMARTS) is 2. The molecule has 0 aromatic heterocycles. The summed E-state index contributed by atoms with van der Waals surface area (Å²) in [6.45, 7) is 0.0574. The molecular weight excluding hydrogens is 252 g/mol. The van der Waals surface area contributed by atoms with Gasteiger partial charge in [0.2, 0.25) is 0 Å². The molecule has 0 saturated carbocycles. The third-order valence-corrected chi connectivity index (χ3v) is 2.25. The van der Waals surface area contributed by atoms with Crippen LogP contribution in [0.5, 0.6) is 0 Å². The fourth-order valence-electron chi connectivity index (χ4n) is 1.03. The Kier molecular flexibility index (Phi) is 5.40. The number of carbonyl (C=O) groups is 4. The highest BCUT2D eigenvalue weighted by atomic mass is 16.6. The van der Waals surface area contributed by atoms with Crippen LogP contribution in [0.2, 0.25) is 0 Å². The summed E-state index contributed by atoms with van der Waals surface area (Å²) in [5, 5.41) is 34.8. The summed E-state index contributed by atoms with van der Waals surface area (Å²) in [5.41, 5.74) is -2.93. The zero-order valence-electron chi connectivity index (χ0n) is 9.32. The van der Waals surface area contributed by atoms with Gasteiger partial charge in [0.1, 0.15) is 0 Å². The van der Waals surface area contributed by atoms with Crippen molar-refractivity contribution >= 4 is 23.9 Å². The molecule has 1 unspecified atom stereocenters. The molecule has 0 aliphatic rings. The van der Waals surface area contributed by atoms with Gasteiger partial charge < -0.3 is 25.2 Å². The van der Waals surface area contributed by atoms with Crippen molar-refractivity contribution in [2.24, 2.45) is 5.41 Å². The standard InChI is InChI=1S/C9H12O9/c1-2-9(6(13)14,7(15)16)8(17)18-5(12)4(11)3-10/h4,10-11H,2-3H2,1H3,(H,13,14)(H,15,16). The fraction of sp³-hybridized carbons (Fsp3) is 0.556. The number of carbonyl (C=O) groups excluding carboxylic acids is 2. The predicted octanol–water partition coefficient (Wildman–Crippen LogP) is -2.02. The summed E-state index contributed by atoms with van der Waals surface area (Å²) >= 11 is 0. The van der Waals surface area contributed by atoms with Crippen LogP contribution in [0.4, 0.5) is 0 Å². The van der Waals surface area contributed by atoms with Crippen molar-refractivity contribution in [3.63, 3.8) is 0 Å². The molecule has 1 atom stereocenters. The number of esters is 2. The zero-order chi connectivity index (χ0) is 14.5. The maximum atomic E-state index is 11.4. The first-order valence-electron chi connectivity index (χ1n) is 4.75. The van der Waals surface area contributed by atoms with E-state index in [-0.39, 0.29) is 0 Å². The third kappa shape index (κ3) is 2.81. The van der Waals surface area contributed by atoms with Gasteiger partial charge in [-0.15, -0.1) is 0 Å². The normalized spacial score (nSPS) is 12.6. The van der Waals surface area contributed by atoms with Crippen molar-refractivity contribution in [1.29, 1.82) is 0 Å². The number of ether oxygens (including phenoxy) is 1. The second-order valence-corrected chi connectivity index (χ2v) is 3.28. The topological polar surface area (TPSA) is 158 Å². The lowest BCUT2D eigenvalue weighted by atomic mass is 9.85. The monoisotopic (exact) mass is 264 g/mol. The number of aliphatic carboxylic acids is 2. The molecule has 0 rings (SSSR count). The van der Waals surface area contributed by atoms with Gasteiger partial charge >= 0.3 is 23.9 Å². The minimum atomic E-state index is -2.93. The predicted molar refractivity (Wildman–Crippen MR) is 52.2 cm³/mol. The van der Waals surface area contributed by atoms with Crippen LogP contribution in [-0.4, -0.2) is 57.0 Å². The Hall–Kier alpha value is -2.00. The van der Waals surface area contributed by atoms with Crippen LogP contribution in [0.3, 0.4) is 0 Å². The van der Waals surface area contributed by atoms with E-state index in [2.05, 4.69) is 4.74 Å². The van der Waals surface area contributed by atoms with E-state index in [4.69, 9.17) is 20.4 Å². The average molecular weight is 264 g/mol. The van der Waals surface area contributed by atoms with E-state index in [1.807, 2.05) is 0 Å². The van der Waals surface area contributed by atoms with Crippen molar-refractivity contribution in [3.05, 3.63) is 0 Å². The Morgan fingerprint density at radius 1 is 1.17 bits per heavy atom. The first-order valence-corrected chi connectivity index (χ1v) is 4.75. The molecule has 0 bridgehead atoms. The van der Waals surface area contributed by atoms with Crippen LogP contribution in [0.15, 0.2) is 0 Å². The Labute approximate surface area is 101 Å². The van der Waals surface area contributed by atoms with Crippen molar-refractivity contribution in [2.45, 2.75) is 19.4 Å². The average Bonchev–Trinajstić information content (AvgIpc) is 2.28. The van der Waals surface area contributed by atoms with Crippen LogP contribution in [0.1, 0.15) is 13.3 Å². The second kappa shape index (κ2) is 6.07. The highest BCUT2D eigenvalue weighted by Crippen LogP contribution is 2.25. The Morgan fingerprint density at radius 2 is 1.61 bits per heavy atom. The molecule has 0 aliphatic carbocycles. The summed E-state index contributed by atoms with van der Waals surface area (Å²) in [4.78, 5) is 44.1. The summed E-state index contributed by atoms with van der Waals surface area (Å²) in [6, 6.07) is 0. The van der Waals surface area contributed by atoms with E-state index in [0.29, 0.717) is 0 Å². The van der Waals surface area contributed by atoms with Crippen LogP contribution >= 0.6 is 0 Å². The summed E-state index contributed by atoms with van der Waals surface area (Å²) in [7, 11) is 0. The molecule has 4 N–H and O–H groups in total. The molecule has 0 saturated heterocycles. The van der Waals surface area contributed by atoms with Gasteiger partial charge in [-0.25, -0.2) is 9.59 Å². The summed E-state index contributed by atoms with van der Waals surface area (Å²) in [6.07, 6.45) is -2.70. The second-order valence-electron chi connectivity index (χ2n) is 3.28. The van der Waals surface area contributed by atoms with E-state index in [9.17, 15) is 19.2 Å². The van der Waals surface area contributed by atoms with Crippen LogP contribution in [0, 0.1) is 5.41 Å². The van der Waals surface area contributed by atoms with Crippen LogP contribution < -0.4 is 0 Å². The lowest BCUT2D eigenvalue weighted by molar-refractivity contribution is -0.184. The zero-order valence-corrected chi connectivity index (χ0v) is 9.32. The first-order chi connectivity index (χ1) is 8.23. The lowest BCUT2D eigenvalue weighted by Crippen LogP contribution is -2.48. The summed E-state index contributed by atoms with van der Waals surface area (Å²) < 4.78 is 3.93. The number of rotatable bonds is 6. The third-order valence-electron chi connectivity index (χ3n) is 2.25. The molecule has 0 aromatic carbocycles. The minimum absolute atomic E-state index is 0.654. The Bertz CT molecular complexity index is 358. The molecule has 102 valence electrons. The maximum Gasteiger partial charge on any atom is 0.345 e. The molecule has 18 heavy (non-hydrogen) atoms. The SMILES string of the molecule is CCC(C(=O)O)(C(=O)O)C(=O)OC(=O)C(O)CO. The molecular formula is C9H12O9. The molecule has 0 fully saturated rings. The lowest BCUT2D eigenvalue weighted by Gasteiger charge is -2.20. The number of aliphatic hydroxyl groups excluding tert-OH is 2. The number of carboxylic acids is 2. The van der Waals surface area contributed by atoms with E-state index in [1.54, 1.807) is 0 Å². The number of aliphatic hydroxyl groups is 2. The molecule has 9 heteroatoms. The molecule has 0 spiro atoms. The van der Waals surface area contributed by atoms with Gasteiger partial charge in [-0.1, -0.05) is 6.92 Å². The molecule has 0 amide bonds. The largest absolute Gasteiger partial charge is 0.480 e. The summed E-state index contributed by atoms with van der Waals surface area (Å²) in [5.74, 6) is -7.44. The van der Waals surface area contributed by atoms with Gasteiger partial charge in [-0.2, -0.15) is 0 Å². The minimum Gasteiger partial charge on any atom is -0.480 e. The first kappa shape index (κ1) is 16.0. The highest BCUT2D eigenvalue weighted by Gasteiger charge is 2.55. The fourth-order valence-corrected chi connectivity index (χ4v) is 1.03. The van der Waals surface area contributed by atoms with Gasteiger partial charge in [0.25, 0.3) is 5.41 Å². The van der Waals surface area contributed by atoms with E-state index >= 15 is 0 Å². The quantitative estimate of drug-likeness (QED) is 0.313. The van der Waals surface area contributed by atoms with Crippen LogP contribution in [-0.2, 0) is 23.9 Å². The van der Waals surface area contributed by atoms with E-state index in [1.165, 1.54) is 0 Å². The van der Waals surface area contributed by atoms with E-state index < -0.39 is 48.4 Å². The number of hydrogen-bond donors (Lipinski definition) is 4. The van der Waals surface area contributed by atoms with Gasteiger partial charge in [-0.05, 0) is 6.42 Å². The van der Waals surface area contributed by atoms with Crippen molar-refractivity contribution in [1.82, 2.24) is 0 Å². The van der Waals surface area contributed by atoms with Crippen molar-refractivity contribution < 1.29 is 44.3 Å². The Morgan fingerprint density at radius 3 is 1.89 bits per heavy atom. The highest BCUT2D eigenvalue weighted by molar-refractivity contribution is 6.18. The Balaban J connectivity index is 5.18.